The summed E-state index contributed by atoms with van der Waals surface area (Å²) >= 11 is 0. The van der Waals surface area contributed by atoms with Gasteiger partial charge < -0.3 is 15.2 Å². The number of anilines is 1. The predicted octanol–water partition coefficient (Wildman–Crippen LogP) is 2.59. The minimum atomic E-state index is 0. The van der Waals surface area contributed by atoms with Crippen molar-refractivity contribution in [1.29, 1.82) is 0 Å². The minimum Gasteiger partial charge on any atom is -0.356 e. The van der Waals surface area contributed by atoms with Crippen molar-refractivity contribution in [3.05, 3.63) is 18.6 Å². The molecule has 22 heavy (non-hydrogen) atoms. The van der Waals surface area contributed by atoms with Gasteiger partial charge in [-0.3, -0.25) is 0 Å². The average molecular weight is 322 g/mol. The standard InChI is InChI=1S/C16H23N5.ClH/c1-21(16-14-5-7-18-15(14)19-10-20-16)13-3-2-12-9-17-6-4-11(12)8-13;/h5,7,10-13,17H,2-4,6,8-9H2,1H3,(H,18,19,20);1H/t11-,12?,13?;/m0./s1. The molecule has 120 valence electrons. The third-order valence-electron chi connectivity index (χ3n) is 5.43. The number of fused-ring (bicyclic) bond motifs is 2. The molecule has 2 unspecified atom stereocenters. The number of hydrogen-bond donors (Lipinski definition) is 2. The molecule has 4 rings (SSSR count). The van der Waals surface area contributed by atoms with Crippen molar-refractivity contribution in [2.45, 2.75) is 31.7 Å². The van der Waals surface area contributed by atoms with Crippen molar-refractivity contribution in [3.63, 3.8) is 0 Å². The molecule has 2 fully saturated rings. The van der Waals surface area contributed by atoms with Crippen LogP contribution in [0, 0.1) is 11.8 Å². The summed E-state index contributed by atoms with van der Waals surface area (Å²) in [6.45, 7) is 2.41. The summed E-state index contributed by atoms with van der Waals surface area (Å²) in [6.07, 6.45) is 8.86. The van der Waals surface area contributed by atoms with E-state index >= 15 is 0 Å². The Bertz CT molecular complexity index is 628. The summed E-state index contributed by atoms with van der Waals surface area (Å²) in [5, 5.41) is 4.67. The molecule has 1 aliphatic heterocycles. The van der Waals surface area contributed by atoms with Crippen molar-refractivity contribution in [1.82, 2.24) is 20.3 Å². The van der Waals surface area contributed by atoms with Gasteiger partial charge in [0, 0.05) is 19.3 Å². The number of hydrogen-bond acceptors (Lipinski definition) is 4. The maximum Gasteiger partial charge on any atom is 0.142 e. The second-order valence-corrected chi connectivity index (χ2v) is 6.53. The fraction of sp³-hybridized carbons (Fsp3) is 0.625. The molecule has 0 aromatic carbocycles. The second kappa shape index (κ2) is 6.42. The molecule has 1 aliphatic carbocycles. The zero-order chi connectivity index (χ0) is 14.2. The van der Waals surface area contributed by atoms with Gasteiger partial charge in [0.05, 0.1) is 5.39 Å². The van der Waals surface area contributed by atoms with Crippen molar-refractivity contribution in [2.75, 3.05) is 25.0 Å². The second-order valence-electron chi connectivity index (χ2n) is 6.53. The van der Waals surface area contributed by atoms with E-state index in [9.17, 15) is 0 Å². The van der Waals surface area contributed by atoms with E-state index in [2.05, 4.69) is 38.3 Å². The largest absolute Gasteiger partial charge is 0.356 e. The van der Waals surface area contributed by atoms with Gasteiger partial charge in [-0.2, -0.15) is 0 Å². The summed E-state index contributed by atoms with van der Waals surface area (Å²) in [5.74, 6) is 2.84. The van der Waals surface area contributed by atoms with E-state index in [-0.39, 0.29) is 12.4 Å². The zero-order valence-electron chi connectivity index (χ0n) is 13.0. The van der Waals surface area contributed by atoms with Gasteiger partial charge in [0.15, 0.2) is 0 Å². The van der Waals surface area contributed by atoms with Crippen LogP contribution in [0.5, 0.6) is 0 Å². The molecular weight excluding hydrogens is 298 g/mol. The van der Waals surface area contributed by atoms with Crippen LogP contribution in [0.3, 0.4) is 0 Å². The van der Waals surface area contributed by atoms with E-state index in [1.807, 2.05) is 6.20 Å². The number of aromatic amines is 1. The smallest absolute Gasteiger partial charge is 0.142 e. The SMILES string of the molecule is CN(c1ncnc2[nH]ccc12)C1CCC2CNCC[C@H]2C1.Cl. The van der Waals surface area contributed by atoms with Crippen LogP contribution in [0.1, 0.15) is 25.7 Å². The van der Waals surface area contributed by atoms with E-state index in [1.54, 1.807) is 6.33 Å². The Morgan fingerprint density at radius 2 is 2.09 bits per heavy atom. The maximum absolute atomic E-state index is 4.54. The molecule has 0 bridgehead atoms. The molecule has 1 saturated heterocycles. The number of halogens is 1. The van der Waals surface area contributed by atoms with Crippen LogP contribution in [0.2, 0.25) is 0 Å². The highest BCUT2D eigenvalue weighted by Gasteiger charge is 2.34. The van der Waals surface area contributed by atoms with Crippen molar-refractivity contribution in [2.24, 2.45) is 11.8 Å². The summed E-state index contributed by atoms with van der Waals surface area (Å²) in [6, 6.07) is 2.69. The lowest BCUT2D eigenvalue weighted by atomic mass is 9.73. The van der Waals surface area contributed by atoms with E-state index in [0.717, 1.165) is 28.7 Å². The van der Waals surface area contributed by atoms with Crippen LogP contribution in [-0.4, -0.2) is 41.1 Å². The van der Waals surface area contributed by atoms with Crippen LogP contribution in [0.15, 0.2) is 18.6 Å². The summed E-state index contributed by atoms with van der Waals surface area (Å²) in [4.78, 5) is 14.4. The lowest BCUT2D eigenvalue weighted by molar-refractivity contribution is 0.168. The van der Waals surface area contributed by atoms with Gasteiger partial charge in [0.1, 0.15) is 17.8 Å². The Morgan fingerprint density at radius 3 is 3.00 bits per heavy atom. The number of nitrogens with one attached hydrogen (secondary N) is 2. The fourth-order valence-corrected chi connectivity index (χ4v) is 4.16. The highest BCUT2D eigenvalue weighted by Crippen LogP contribution is 2.37. The van der Waals surface area contributed by atoms with Gasteiger partial charge in [-0.25, -0.2) is 9.97 Å². The van der Waals surface area contributed by atoms with Gasteiger partial charge in [0.25, 0.3) is 0 Å². The number of piperidine rings is 1. The number of H-pyrrole nitrogens is 1. The molecule has 6 heteroatoms. The molecule has 5 nitrogen and oxygen atoms in total. The van der Waals surface area contributed by atoms with Crippen molar-refractivity contribution < 1.29 is 0 Å². The van der Waals surface area contributed by atoms with Gasteiger partial charge in [-0.05, 0) is 56.7 Å². The first kappa shape index (κ1) is 15.6. The number of aromatic nitrogens is 3. The summed E-state index contributed by atoms with van der Waals surface area (Å²) in [7, 11) is 2.20. The Balaban J connectivity index is 0.00000144. The van der Waals surface area contributed by atoms with Gasteiger partial charge >= 0.3 is 0 Å². The van der Waals surface area contributed by atoms with Crippen LogP contribution in [0.4, 0.5) is 5.82 Å². The molecule has 1 saturated carbocycles. The van der Waals surface area contributed by atoms with Crippen LogP contribution in [0.25, 0.3) is 11.0 Å². The summed E-state index contributed by atoms with van der Waals surface area (Å²) < 4.78 is 0. The quantitative estimate of drug-likeness (QED) is 0.892. The van der Waals surface area contributed by atoms with Gasteiger partial charge in [0.2, 0.25) is 0 Å². The first-order chi connectivity index (χ1) is 10.3. The number of rotatable bonds is 2. The maximum atomic E-state index is 4.54. The predicted molar refractivity (Wildman–Crippen MR) is 91.6 cm³/mol. The first-order valence-corrected chi connectivity index (χ1v) is 8.04. The Hall–Kier alpha value is -1.33. The van der Waals surface area contributed by atoms with E-state index in [0.29, 0.717) is 6.04 Å². The lowest BCUT2D eigenvalue weighted by Crippen LogP contribution is -2.45. The molecule has 2 aromatic rings. The Labute approximate surface area is 137 Å². The van der Waals surface area contributed by atoms with Crippen molar-refractivity contribution >= 4 is 29.3 Å². The highest BCUT2D eigenvalue weighted by atomic mass is 35.5. The molecule has 2 N–H and O–H groups in total. The molecular formula is C16H24ClN5. The molecule has 3 atom stereocenters. The third kappa shape index (κ3) is 2.68. The molecule has 0 spiro atoms. The van der Waals surface area contributed by atoms with E-state index < -0.39 is 0 Å². The van der Waals surface area contributed by atoms with Gasteiger partial charge in [-0.1, -0.05) is 0 Å². The molecule has 3 heterocycles. The normalized spacial score (nSPS) is 28.0. The third-order valence-corrected chi connectivity index (χ3v) is 5.43. The van der Waals surface area contributed by atoms with Crippen molar-refractivity contribution in [3.8, 4) is 0 Å². The van der Waals surface area contributed by atoms with Crippen LogP contribution in [-0.2, 0) is 0 Å². The Morgan fingerprint density at radius 1 is 1.18 bits per heavy atom. The molecule has 2 aromatic heterocycles. The Kier molecular flexibility index (Phi) is 4.54. The summed E-state index contributed by atoms with van der Waals surface area (Å²) in [5.41, 5.74) is 0.933. The first-order valence-electron chi connectivity index (χ1n) is 8.04. The molecule has 2 aliphatic rings. The van der Waals surface area contributed by atoms with Crippen LogP contribution >= 0.6 is 12.4 Å². The van der Waals surface area contributed by atoms with E-state index in [4.69, 9.17) is 0 Å². The fourth-order valence-electron chi connectivity index (χ4n) is 4.16. The van der Waals surface area contributed by atoms with E-state index in [1.165, 1.54) is 38.8 Å². The monoisotopic (exact) mass is 321 g/mol. The molecule has 0 amide bonds. The number of nitrogens with zero attached hydrogens (tertiary/aromatic N) is 3. The molecule has 0 radical (unpaired) electrons. The lowest BCUT2D eigenvalue weighted by Gasteiger charge is -2.43. The minimum absolute atomic E-state index is 0. The zero-order valence-corrected chi connectivity index (χ0v) is 13.8. The highest BCUT2D eigenvalue weighted by molar-refractivity contribution is 5.87. The topological polar surface area (TPSA) is 56.8 Å². The van der Waals surface area contributed by atoms with Crippen LogP contribution < -0.4 is 10.2 Å². The van der Waals surface area contributed by atoms with Gasteiger partial charge in [-0.15, -0.1) is 12.4 Å². The average Bonchev–Trinajstić information content (AvgIpc) is 3.02.